The van der Waals surface area contributed by atoms with Gasteiger partial charge >= 0.3 is 0 Å². The standard InChI is InChI=1S/C17H23NO2/c1-2-8-17(9-3-1)19-15-7-6-13(12-16(15)20-17)11-14-5-4-10-18-14/h6-7,12,14,18H,1-5,8-11H2. The van der Waals surface area contributed by atoms with Crippen molar-refractivity contribution in [3.8, 4) is 11.5 Å². The summed E-state index contributed by atoms with van der Waals surface area (Å²) in [7, 11) is 0. The molecule has 1 saturated heterocycles. The molecule has 4 rings (SSSR count). The molecule has 1 atom stereocenters. The van der Waals surface area contributed by atoms with Gasteiger partial charge in [-0.2, -0.15) is 0 Å². The summed E-state index contributed by atoms with van der Waals surface area (Å²) in [5.41, 5.74) is 1.36. The Morgan fingerprint density at radius 1 is 1.05 bits per heavy atom. The smallest absolute Gasteiger partial charge is 0.251 e. The first-order chi connectivity index (χ1) is 9.83. The molecular weight excluding hydrogens is 250 g/mol. The highest BCUT2D eigenvalue weighted by Crippen LogP contribution is 2.45. The summed E-state index contributed by atoms with van der Waals surface area (Å²) < 4.78 is 12.3. The molecule has 1 unspecified atom stereocenters. The third-order valence-corrected chi connectivity index (χ3v) is 4.86. The van der Waals surface area contributed by atoms with E-state index < -0.39 is 0 Å². The van der Waals surface area contributed by atoms with E-state index in [1.54, 1.807) is 0 Å². The summed E-state index contributed by atoms with van der Waals surface area (Å²) in [6.45, 7) is 1.17. The van der Waals surface area contributed by atoms with Crippen molar-refractivity contribution in [1.29, 1.82) is 0 Å². The van der Waals surface area contributed by atoms with Crippen LogP contribution in [0.25, 0.3) is 0 Å². The number of nitrogens with one attached hydrogen (secondary N) is 1. The highest BCUT2D eigenvalue weighted by atomic mass is 16.7. The molecule has 1 aromatic carbocycles. The van der Waals surface area contributed by atoms with Crippen LogP contribution in [0.3, 0.4) is 0 Å². The van der Waals surface area contributed by atoms with E-state index in [9.17, 15) is 0 Å². The molecule has 1 spiro atoms. The number of rotatable bonds is 2. The number of hydrogen-bond donors (Lipinski definition) is 1. The second kappa shape index (κ2) is 4.96. The van der Waals surface area contributed by atoms with Crippen molar-refractivity contribution in [2.45, 2.75) is 63.2 Å². The minimum absolute atomic E-state index is 0.342. The topological polar surface area (TPSA) is 30.5 Å². The van der Waals surface area contributed by atoms with Crippen LogP contribution in [0.15, 0.2) is 18.2 Å². The zero-order chi connectivity index (χ0) is 13.4. The number of hydrogen-bond acceptors (Lipinski definition) is 3. The van der Waals surface area contributed by atoms with Crippen molar-refractivity contribution in [3.63, 3.8) is 0 Å². The second-order valence-corrected chi connectivity index (χ2v) is 6.45. The molecule has 2 heterocycles. The van der Waals surface area contributed by atoms with Gasteiger partial charge in [0.15, 0.2) is 11.5 Å². The molecule has 0 bridgehead atoms. The van der Waals surface area contributed by atoms with E-state index >= 15 is 0 Å². The highest BCUT2D eigenvalue weighted by molar-refractivity contribution is 5.46. The molecule has 0 radical (unpaired) electrons. The van der Waals surface area contributed by atoms with Crippen LogP contribution < -0.4 is 14.8 Å². The van der Waals surface area contributed by atoms with Crippen LogP contribution in [0.2, 0.25) is 0 Å². The molecule has 1 aliphatic carbocycles. The van der Waals surface area contributed by atoms with Crippen molar-refractivity contribution < 1.29 is 9.47 Å². The molecule has 3 aliphatic rings. The van der Waals surface area contributed by atoms with Crippen molar-refractivity contribution in [2.75, 3.05) is 6.54 Å². The first-order valence-corrected chi connectivity index (χ1v) is 8.07. The monoisotopic (exact) mass is 273 g/mol. The normalized spacial score (nSPS) is 27.1. The molecule has 1 N–H and O–H groups in total. The van der Waals surface area contributed by atoms with Crippen LogP contribution in [0, 0.1) is 0 Å². The predicted molar refractivity (Wildman–Crippen MR) is 78.2 cm³/mol. The third-order valence-electron chi connectivity index (χ3n) is 4.86. The van der Waals surface area contributed by atoms with Crippen molar-refractivity contribution in [1.82, 2.24) is 5.32 Å². The molecule has 2 aliphatic heterocycles. The lowest BCUT2D eigenvalue weighted by molar-refractivity contribution is -0.105. The van der Waals surface area contributed by atoms with Gasteiger partial charge in [0, 0.05) is 18.9 Å². The fourth-order valence-electron chi connectivity index (χ4n) is 3.78. The predicted octanol–water partition coefficient (Wildman–Crippen LogP) is 3.41. The Hall–Kier alpha value is -1.22. The molecule has 20 heavy (non-hydrogen) atoms. The molecule has 3 nitrogen and oxygen atoms in total. The molecule has 1 saturated carbocycles. The van der Waals surface area contributed by atoms with Crippen LogP contribution in [0.1, 0.15) is 50.5 Å². The zero-order valence-electron chi connectivity index (χ0n) is 12.0. The summed E-state index contributed by atoms with van der Waals surface area (Å²) in [6, 6.07) is 7.13. The number of fused-ring (bicyclic) bond motifs is 1. The third kappa shape index (κ3) is 2.28. The van der Waals surface area contributed by atoms with E-state index in [0.717, 1.165) is 30.8 Å². The Morgan fingerprint density at radius 2 is 1.90 bits per heavy atom. The SMILES string of the molecule is c1cc2c(cc1CC1CCCN1)OC1(CCCCC1)O2. The average Bonchev–Trinajstić information content (AvgIpc) is 3.07. The first-order valence-electron chi connectivity index (χ1n) is 8.07. The number of ether oxygens (including phenoxy) is 2. The van der Waals surface area contributed by atoms with Gasteiger partial charge in [-0.25, -0.2) is 0 Å². The molecule has 1 aromatic rings. The highest BCUT2D eigenvalue weighted by Gasteiger charge is 2.42. The molecular formula is C17H23NO2. The van der Waals surface area contributed by atoms with Crippen LogP contribution in [0.5, 0.6) is 11.5 Å². The van der Waals surface area contributed by atoms with E-state index in [1.807, 2.05) is 0 Å². The van der Waals surface area contributed by atoms with E-state index in [1.165, 1.54) is 44.2 Å². The Balaban J connectivity index is 1.50. The quantitative estimate of drug-likeness (QED) is 0.895. The van der Waals surface area contributed by atoms with E-state index in [-0.39, 0.29) is 5.79 Å². The maximum absolute atomic E-state index is 6.20. The second-order valence-electron chi connectivity index (χ2n) is 6.45. The lowest BCUT2D eigenvalue weighted by atomic mass is 9.94. The first kappa shape index (κ1) is 12.5. The fourth-order valence-corrected chi connectivity index (χ4v) is 3.78. The minimum Gasteiger partial charge on any atom is -0.448 e. The lowest BCUT2D eigenvalue weighted by Crippen LogP contribution is -2.40. The molecule has 2 fully saturated rings. The van der Waals surface area contributed by atoms with Gasteiger partial charge in [-0.15, -0.1) is 0 Å². The van der Waals surface area contributed by atoms with Gasteiger partial charge in [-0.1, -0.05) is 12.5 Å². The zero-order valence-corrected chi connectivity index (χ0v) is 12.0. The lowest BCUT2D eigenvalue weighted by Gasteiger charge is -2.31. The van der Waals surface area contributed by atoms with Gasteiger partial charge < -0.3 is 14.8 Å². The van der Waals surface area contributed by atoms with E-state index in [0.29, 0.717) is 6.04 Å². The van der Waals surface area contributed by atoms with E-state index in [4.69, 9.17) is 9.47 Å². The Morgan fingerprint density at radius 3 is 2.70 bits per heavy atom. The van der Waals surface area contributed by atoms with Crippen LogP contribution in [0.4, 0.5) is 0 Å². The largest absolute Gasteiger partial charge is 0.448 e. The Labute approximate surface area is 120 Å². The summed E-state index contributed by atoms with van der Waals surface area (Å²) in [5, 5.41) is 3.56. The molecule has 0 amide bonds. The van der Waals surface area contributed by atoms with Crippen molar-refractivity contribution in [3.05, 3.63) is 23.8 Å². The number of benzene rings is 1. The maximum Gasteiger partial charge on any atom is 0.251 e. The van der Waals surface area contributed by atoms with Crippen LogP contribution in [-0.4, -0.2) is 18.4 Å². The summed E-state index contributed by atoms with van der Waals surface area (Å²) >= 11 is 0. The summed E-state index contributed by atoms with van der Waals surface area (Å²) in [5.74, 6) is 1.56. The fraction of sp³-hybridized carbons (Fsp3) is 0.647. The van der Waals surface area contributed by atoms with Gasteiger partial charge in [-0.3, -0.25) is 0 Å². The minimum atomic E-state index is -0.342. The van der Waals surface area contributed by atoms with Gasteiger partial charge in [-0.05, 0) is 56.3 Å². The van der Waals surface area contributed by atoms with Crippen molar-refractivity contribution in [2.24, 2.45) is 0 Å². The van der Waals surface area contributed by atoms with E-state index in [2.05, 4.69) is 23.5 Å². The Bertz CT molecular complexity index is 488. The molecule has 0 aromatic heterocycles. The summed E-state index contributed by atoms with van der Waals surface area (Å²) in [4.78, 5) is 0. The Kier molecular flexibility index (Phi) is 3.10. The van der Waals surface area contributed by atoms with Gasteiger partial charge in [0.2, 0.25) is 0 Å². The van der Waals surface area contributed by atoms with Crippen molar-refractivity contribution >= 4 is 0 Å². The summed E-state index contributed by atoms with van der Waals surface area (Å²) in [6.07, 6.45) is 9.49. The molecule has 3 heteroatoms. The molecule has 108 valence electrons. The van der Waals surface area contributed by atoms with Gasteiger partial charge in [0.25, 0.3) is 5.79 Å². The van der Waals surface area contributed by atoms with Gasteiger partial charge in [0.05, 0.1) is 0 Å². The maximum atomic E-state index is 6.20. The average molecular weight is 273 g/mol. The van der Waals surface area contributed by atoms with Gasteiger partial charge in [0.1, 0.15) is 0 Å². The van der Waals surface area contributed by atoms with Crippen LogP contribution in [-0.2, 0) is 6.42 Å². The van der Waals surface area contributed by atoms with Crippen LogP contribution >= 0.6 is 0 Å².